The van der Waals surface area contributed by atoms with Crippen LogP contribution in [0.3, 0.4) is 0 Å². The molecule has 0 atom stereocenters. The predicted molar refractivity (Wildman–Crippen MR) is 63.7 cm³/mol. The molecule has 0 aromatic carbocycles. The van der Waals surface area contributed by atoms with Gasteiger partial charge in [0.2, 0.25) is 0 Å². The fourth-order valence-corrected chi connectivity index (χ4v) is 2.19. The van der Waals surface area contributed by atoms with Gasteiger partial charge in [-0.3, -0.25) is 4.79 Å². The lowest BCUT2D eigenvalue weighted by molar-refractivity contribution is -0.0220. The van der Waals surface area contributed by atoms with Crippen LogP contribution in [0.1, 0.15) is 23.3 Å². The number of rotatable bonds is 2. The normalized spacial score (nSPS) is 19.1. The van der Waals surface area contributed by atoms with Crippen LogP contribution in [0.5, 0.6) is 0 Å². The van der Waals surface area contributed by atoms with Gasteiger partial charge in [0.05, 0.1) is 5.69 Å². The molecule has 0 saturated carbocycles. The first-order valence-electron chi connectivity index (χ1n) is 5.26. The number of carbonyl (C=O) groups excluding carboxylic acids is 1. The molecule has 0 amide bonds. The third-order valence-electron chi connectivity index (χ3n) is 2.82. The summed E-state index contributed by atoms with van der Waals surface area (Å²) in [6, 6.07) is 3.43. The molecule has 0 bridgehead atoms. The third-order valence-corrected chi connectivity index (χ3v) is 3.26. The second-order valence-electron chi connectivity index (χ2n) is 4.00. The van der Waals surface area contributed by atoms with Gasteiger partial charge < -0.3 is 4.90 Å². The van der Waals surface area contributed by atoms with E-state index in [9.17, 15) is 13.6 Å². The molecule has 0 unspecified atom stereocenters. The van der Waals surface area contributed by atoms with Crippen molar-refractivity contribution < 1.29 is 13.6 Å². The molecule has 1 aromatic rings. The Morgan fingerprint density at radius 1 is 1.35 bits per heavy atom. The number of carbonyl (C=O) groups is 1. The lowest BCUT2D eigenvalue weighted by atomic mass is 10.1. The van der Waals surface area contributed by atoms with Crippen LogP contribution in [-0.2, 0) is 0 Å². The first-order chi connectivity index (χ1) is 8.02. The molecule has 1 saturated heterocycles. The minimum atomic E-state index is -2.58. The van der Waals surface area contributed by atoms with E-state index < -0.39 is 5.92 Å². The summed E-state index contributed by atoms with van der Waals surface area (Å²) < 4.78 is 26.6. The van der Waals surface area contributed by atoms with Crippen LogP contribution in [-0.4, -0.2) is 30.3 Å². The Balaban J connectivity index is 2.21. The maximum Gasteiger partial charge on any atom is 0.251 e. The Morgan fingerprint density at radius 2 is 2.00 bits per heavy atom. The van der Waals surface area contributed by atoms with E-state index in [0.717, 1.165) is 0 Å². The number of nitrogens with zero attached hydrogens (tertiary/aromatic N) is 2. The molecule has 0 spiro atoms. The largest absolute Gasteiger partial charge is 0.369 e. The average Bonchev–Trinajstić information content (AvgIpc) is 2.29. The maximum absolute atomic E-state index is 13.0. The number of hydrogen-bond donors (Lipinski definition) is 0. The zero-order chi connectivity index (χ0) is 12.5. The lowest BCUT2D eigenvalue weighted by Gasteiger charge is -2.33. The number of aromatic nitrogens is 1. The van der Waals surface area contributed by atoms with Gasteiger partial charge in [0.1, 0.15) is 10.3 Å². The van der Waals surface area contributed by atoms with Gasteiger partial charge >= 0.3 is 0 Å². The van der Waals surface area contributed by atoms with Gasteiger partial charge in [0.15, 0.2) is 6.29 Å². The summed E-state index contributed by atoms with van der Waals surface area (Å²) in [7, 11) is 0. The highest BCUT2D eigenvalue weighted by atomic mass is 79.9. The third kappa shape index (κ3) is 2.80. The second kappa shape index (κ2) is 4.68. The van der Waals surface area contributed by atoms with Crippen molar-refractivity contribution in [3.05, 3.63) is 22.4 Å². The summed E-state index contributed by atoms with van der Waals surface area (Å²) in [6.07, 6.45) is 0.287. The van der Waals surface area contributed by atoms with Gasteiger partial charge in [0, 0.05) is 25.9 Å². The Labute approximate surface area is 106 Å². The first kappa shape index (κ1) is 12.4. The Kier molecular flexibility index (Phi) is 3.42. The van der Waals surface area contributed by atoms with Crippen LogP contribution in [0.2, 0.25) is 0 Å². The molecular weight excluding hydrogens is 294 g/mol. The van der Waals surface area contributed by atoms with E-state index in [-0.39, 0.29) is 31.6 Å². The molecule has 17 heavy (non-hydrogen) atoms. The van der Waals surface area contributed by atoms with E-state index in [2.05, 4.69) is 20.9 Å². The highest BCUT2D eigenvalue weighted by Crippen LogP contribution is 2.31. The molecular formula is C11H11BrF2N2O. The Hall–Kier alpha value is -1.04. The summed E-state index contributed by atoms with van der Waals surface area (Å²) >= 11 is 3.17. The van der Waals surface area contributed by atoms with Gasteiger partial charge in [-0.05, 0) is 28.1 Å². The van der Waals surface area contributed by atoms with Crippen LogP contribution in [0.4, 0.5) is 14.5 Å². The second-order valence-corrected chi connectivity index (χ2v) is 4.81. The number of halogens is 3. The Bertz CT molecular complexity index is 429. The molecule has 92 valence electrons. The van der Waals surface area contributed by atoms with Crippen molar-refractivity contribution in [2.75, 3.05) is 18.0 Å². The number of pyridine rings is 1. The maximum atomic E-state index is 13.0. The molecule has 1 aromatic heterocycles. The van der Waals surface area contributed by atoms with Crippen LogP contribution < -0.4 is 4.90 Å². The molecule has 2 rings (SSSR count). The number of hydrogen-bond acceptors (Lipinski definition) is 3. The van der Waals surface area contributed by atoms with E-state index in [0.29, 0.717) is 16.6 Å². The van der Waals surface area contributed by atoms with Crippen molar-refractivity contribution in [1.82, 2.24) is 4.98 Å². The van der Waals surface area contributed by atoms with E-state index in [1.165, 1.54) is 0 Å². The molecule has 3 nitrogen and oxygen atoms in total. The zero-order valence-electron chi connectivity index (χ0n) is 9.00. The van der Waals surface area contributed by atoms with E-state index in [4.69, 9.17) is 0 Å². The van der Waals surface area contributed by atoms with Crippen LogP contribution in [0, 0.1) is 0 Å². The van der Waals surface area contributed by atoms with E-state index in [1.807, 2.05) is 0 Å². The minimum absolute atomic E-state index is 0.179. The van der Waals surface area contributed by atoms with E-state index >= 15 is 0 Å². The monoisotopic (exact) mass is 304 g/mol. The Morgan fingerprint density at radius 3 is 2.59 bits per heavy atom. The highest BCUT2D eigenvalue weighted by molar-refractivity contribution is 9.10. The van der Waals surface area contributed by atoms with Crippen LogP contribution >= 0.6 is 15.9 Å². The fraction of sp³-hybridized carbons (Fsp3) is 0.455. The average molecular weight is 305 g/mol. The zero-order valence-corrected chi connectivity index (χ0v) is 10.6. The van der Waals surface area contributed by atoms with Crippen molar-refractivity contribution >= 4 is 27.9 Å². The van der Waals surface area contributed by atoms with Crippen molar-refractivity contribution in [3.63, 3.8) is 0 Å². The summed E-state index contributed by atoms with van der Waals surface area (Å²) in [6.45, 7) is 0.494. The highest BCUT2D eigenvalue weighted by Gasteiger charge is 2.34. The lowest BCUT2D eigenvalue weighted by Crippen LogP contribution is -2.39. The summed E-state index contributed by atoms with van der Waals surface area (Å²) in [4.78, 5) is 16.7. The molecule has 2 heterocycles. The summed E-state index contributed by atoms with van der Waals surface area (Å²) in [5.74, 6) is -2.58. The SMILES string of the molecule is O=Cc1nc(Br)ccc1N1CCC(F)(F)CC1. The molecule has 0 aliphatic carbocycles. The van der Waals surface area contributed by atoms with Crippen molar-refractivity contribution in [2.45, 2.75) is 18.8 Å². The number of piperidine rings is 1. The van der Waals surface area contributed by atoms with Gasteiger partial charge in [-0.15, -0.1) is 0 Å². The fourth-order valence-electron chi connectivity index (χ4n) is 1.87. The number of aldehydes is 1. The van der Waals surface area contributed by atoms with Crippen molar-refractivity contribution in [2.24, 2.45) is 0 Å². The van der Waals surface area contributed by atoms with Gasteiger partial charge in [-0.25, -0.2) is 13.8 Å². The van der Waals surface area contributed by atoms with Crippen LogP contribution in [0.25, 0.3) is 0 Å². The summed E-state index contributed by atoms with van der Waals surface area (Å²) in [5.41, 5.74) is 0.906. The van der Waals surface area contributed by atoms with E-state index in [1.54, 1.807) is 17.0 Å². The minimum Gasteiger partial charge on any atom is -0.369 e. The van der Waals surface area contributed by atoms with Crippen LogP contribution in [0.15, 0.2) is 16.7 Å². The van der Waals surface area contributed by atoms with Gasteiger partial charge in [-0.1, -0.05) is 0 Å². The van der Waals surface area contributed by atoms with Gasteiger partial charge in [0.25, 0.3) is 5.92 Å². The first-order valence-corrected chi connectivity index (χ1v) is 6.06. The smallest absolute Gasteiger partial charge is 0.251 e. The standard InChI is InChI=1S/C11H11BrF2N2O/c12-10-2-1-9(8(7-17)15-10)16-5-3-11(13,14)4-6-16/h1-2,7H,3-6H2. The molecule has 1 aliphatic rings. The predicted octanol–water partition coefficient (Wildman–Crippen LogP) is 2.89. The molecule has 1 aliphatic heterocycles. The van der Waals surface area contributed by atoms with Gasteiger partial charge in [-0.2, -0.15) is 0 Å². The topological polar surface area (TPSA) is 33.2 Å². The molecule has 1 fully saturated rings. The quantitative estimate of drug-likeness (QED) is 0.622. The molecule has 0 N–H and O–H groups in total. The van der Waals surface area contributed by atoms with Crippen molar-refractivity contribution in [3.8, 4) is 0 Å². The van der Waals surface area contributed by atoms with Crippen molar-refractivity contribution in [1.29, 1.82) is 0 Å². The molecule has 6 heteroatoms. The number of anilines is 1. The number of alkyl halides is 2. The molecule has 0 radical (unpaired) electrons. The summed E-state index contributed by atoms with van der Waals surface area (Å²) in [5, 5.41) is 0.